The number of hydrogen-bond donors (Lipinski definition) is 1. The van der Waals surface area contributed by atoms with Crippen LogP contribution in [0.4, 0.5) is 5.69 Å². The number of amides is 1. The summed E-state index contributed by atoms with van der Waals surface area (Å²) >= 11 is 2.97. The van der Waals surface area contributed by atoms with Gasteiger partial charge in [-0.2, -0.15) is 5.10 Å². The molecule has 0 unspecified atom stereocenters. The molecule has 0 aliphatic heterocycles. The Bertz CT molecular complexity index is 928. The molecule has 0 fully saturated rings. The van der Waals surface area contributed by atoms with Crippen molar-refractivity contribution in [3.63, 3.8) is 0 Å². The van der Waals surface area contributed by atoms with Crippen LogP contribution in [0.5, 0.6) is 11.5 Å². The number of nitro groups is 1. The van der Waals surface area contributed by atoms with Crippen molar-refractivity contribution in [2.45, 2.75) is 26.7 Å². The van der Waals surface area contributed by atoms with Crippen molar-refractivity contribution < 1.29 is 19.6 Å². The van der Waals surface area contributed by atoms with Gasteiger partial charge in [0.15, 0.2) is 6.61 Å². The molecule has 0 atom stereocenters. The number of rotatable bonds is 7. The number of nitrogens with one attached hydrogen (secondary N) is 1. The largest absolute Gasteiger partial charge is 0.871 e. The third-order valence-electron chi connectivity index (χ3n) is 3.90. The molecule has 0 aliphatic rings. The van der Waals surface area contributed by atoms with Crippen molar-refractivity contribution in [1.82, 2.24) is 5.43 Å². The maximum absolute atomic E-state index is 12.0. The number of carbonyl (C=O) groups is 1. The summed E-state index contributed by atoms with van der Waals surface area (Å²) in [6.45, 7) is 5.74. The number of ether oxygens (including phenoxy) is 1. The summed E-state index contributed by atoms with van der Waals surface area (Å²) in [6, 6.07) is 8.02. The lowest BCUT2D eigenvalue weighted by atomic mass is 10.0. The molecular formula is C19H19BrN3O5-. The fourth-order valence-electron chi connectivity index (χ4n) is 2.28. The van der Waals surface area contributed by atoms with Gasteiger partial charge in [0, 0.05) is 16.6 Å². The van der Waals surface area contributed by atoms with E-state index in [0.717, 1.165) is 29.5 Å². The van der Waals surface area contributed by atoms with Gasteiger partial charge in [-0.3, -0.25) is 14.9 Å². The van der Waals surface area contributed by atoms with E-state index in [4.69, 9.17) is 4.74 Å². The molecule has 0 bridgehead atoms. The molecule has 0 saturated carbocycles. The highest BCUT2D eigenvalue weighted by molar-refractivity contribution is 9.10. The van der Waals surface area contributed by atoms with Crippen LogP contribution in [0.25, 0.3) is 0 Å². The molecule has 1 N–H and O–H groups in total. The number of hydrazone groups is 1. The Labute approximate surface area is 170 Å². The van der Waals surface area contributed by atoms with Gasteiger partial charge in [-0.1, -0.05) is 47.7 Å². The maximum Gasteiger partial charge on any atom is 0.277 e. The van der Waals surface area contributed by atoms with E-state index in [-0.39, 0.29) is 22.3 Å². The molecule has 0 aliphatic carbocycles. The lowest BCUT2D eigenvalue weighted by molar-refractivity contribution is -0.385. The average Bonchev–Trinajstić information content (AvgIpc) is 2.63. The average molecular weight is 449 g/mol. The maximum atomic E-state index is 12.0. The molecule has 0 radical (unpaired) electrons. The minimum absolute atomic E-state index is 0.0252. The van der Waals surface area contributed by atoms with E-state index >= 15 is 0 Å². The second-order valence-corrected chi connectivity index (χ2v) is 7.22. The molecule has 0 saturated heterocycles. The van der Waals surface area contributed by atoms with Crippen LogP contribution in [0.3, 0.4) is 0 Å². The lowest BCUT2D eigenvalue weighted by Crippen LogP contribution is -2.24. The van der Waals surface area contributed by atoms with E-state index in [0.29, 0.717) is 11.7 Å². The number of carbonyl (C=O) groups excluding carboxylic acids is 1. The van der Waals surface area contributed by atoms with Gasteiger partial charge in [0.1, 0.15) is 5.75 Å². The van der Waals surface area contributed by atoms with E-state index < -0.39 is 16.6 Å². The molecule has 0 heterocycles. The Kier molecular flexibility index (Phi) is 7.11. The lowest BCUT2D eigenvalue weighted by Gasteiger charge is -2.13. The third-order valence-corrected chi connectivity index (χ3v) is 4.49. The highest BCUT2D eigenvalue weighted by Crippen LogP contribution is 2.29. The van der Waals surface area contributed by atoms with Gasteiger partial charge in [0.25, 0.3) is 11.6 Å². The van der Waals surface area contributed by atoms with Crippen LogP contribution in [0.2, 0.25) is 0 Å². The quantitative estimate of drug-likeness (QED) is 0.395. The normalized spacial score (nSPS) is 11.0. The third kappa shape index (κ3) is 5.53. The Hall–Kier alpha value is -2.94. The van der Waals surface area contributed by atoms with Crippen molar-refractivity contribution in [3.05, 3.63) is 61.6 Å². The van der Waals surface area contributed by atoms with Crippen LogP contribution < -0.4 is 15.3 Å². The van der Waals surface area contributed by atoms with Crippen LogP contribution in [-0.4, -0.2) is 23.7 Å². The number of nitro benzene ring substituents is 1. The standard InChI is InChI=1S/C19H20BrN3O5/c1-11(2)13-5-4-12(3)17(7-13)28-10-18(24)22-21-9-14-6-15(23(26)27)8-16(20)19(14)25/h4-9,11,25H,10H2,1-3H3,(H,22,24)/p-1/b21-9-. The Morgan fingerprint density at radius 1 is 1.36 bits per heavy atom. The number of halogens is 1. The number of benzene rings is 2. The zero-order chi connectivity index (χ0) is 20.8. The first kappa shape index (κ1) is 21.4. The summed E-state index contributed by atoms with van der Waals surface area (Å²) in [6.07, 6.45) is 1.06. The van der Waals surface area contributed by atoms with Gasteiger partial charge in [-0.25, -0.2) is 5.43 Å². The van der Waals surface area contributed by atoms with Gasteiger partial charge < -0.3 is 9.84 Å². The summed E-state index contributed by atoms with van der Waals surface area (Å²) in [5, 5.41) is 26.5. The second kappa shape index (κ2) is 9.32. The van der Waals surface area contributed by atoms with E-state index in [1.54, 1.807) is 0 Å². The fraction of sp³-hybridized carbons (Fsp3) is 0.263. The van der Waals surface area contributed by atoms with Gasteiger partial charge in [-0.05, 0) is 35.6 Å². The molecule has 9 heteroatoms. The molecule has 1 amide bonds. The molecule has 2 aromatic rings. The molecule has 2 rings (SSSR count). The SMILES string of the molecule is Cc1ccc(C(C)C)cc1OCC(=O)N/N=C\c1cc([N+](=O)[O-])cc(Br)c1[O-]. The van der Waals surface area contributed by atoms with Crippen LogP contribution in [0.15, 0.2) is 39.9 Å². The predicted molar refractivity (Wildman–Crippen MR) is 107 cm³/mol. The van der Waals surface area contributed by atoms with Gasteiger partial charge >= 0.3 is 0 Å². The zero-order valence-electron chi connectivity index (χ0n) is 15.6. The molecule has 28 heavy (non-hydrogen) atoms. The number of hydrogen-bond acceptors (Lipinski definition) is 6. The van der Waals surface area contributed by atoms with Crippen LogP contribution in [0, 0.1) is 17.0 Å². The van der Waals surface area contributed by atoms with E-state index in [1.807, 2.05) is 25.1 Å². The van der Waals surface area contributed by atoms with Gasteiger partial charge in [0.2, 0.25) is 0 Å². The highest BCUT2D eigenvalue weighted by Gasteiger charge is 2.10. The molecular weight excluding hydrogens is 430 g/mol. The van der Waals surface area contributed by atoms with E-state index in [1.165, 1.54) is 0 Å². The first-order valence-electron chi connectivity index (χ1n) is 8.39. The van der Waals surface area contributed by atoms with E-state index in [9.17, 15) is 20.0 Å². The number of nitrogens with zero attached hydrogens (tertiary/aromatic N) is 2. The second-order valence-electron chi connectivity index (χ2n) is 6.36. The van der Waals surface area contributed by atoms with Gasteiger partial charge in [0.05, 0.1) is 11.1 Å². The van der Waals surface area contributed by atoms with Crippen molar-refractivity contribution in [2.75, 3.05) is 6.61 Å². The van der Waals surface area contributed by atoms with E-state index in [2.05, 4.69) is 40.3 Å². The summed E-state index contributed by atoms with van der Waals surface area (Å²) < 4.78 is 5.58. The predicted octanol–water partition coefficient (Wildman–Crippen LogP) is 3.39. The van der Waals surface area contributed by atoms with Crippen molar-refractivity contribution >= 4 is 33.7 Å². The van der Waals surface area contributed by atoms with Crippen LogP contribution in [-0.2, 0) is 4.79 Å². The Balaban J connectivity index is 2.00. The Morgan fingerprint density at radius 3 is 2.71 bits per heavy atom. The topological polar surface area (TPSA) is 117 Å². The summed E-state index contributed by atoms with van der Waals surface area (Å²) in [7, 11) is 0. The molecule has 0 spiro atoms. The van der Waals surface area contributed by atoms with Crippen molar-refractivity contribution in [3.8, 4) is 11.5 Å². The summed E-state index contributed by atoms with van der Waals surface area (Å²) in [5.74, 6) is -0.0600. The molecule has 8 nitrogen and oxygen atoms in total. The minimum Gasteiger partial charge on any atom is -0.871 e. The van der Waals surface area contributed by atoms with Crippen molar-refractivity contribution in [1.29, 1.82) is 0 Å². The summed E-state index contributed by atoms with van der Waals surface area (Å²) in [4.78, 5) is 22.2. The van der Waals surface area contributed by atoms with Crippen LogP contribution in [0.1, 0.15) is 36.5 Å². The van der Waals surface area contributed by atoms with Crippen LogP contribution >= 0.6 is 15.9 Å². The Morgan fingerprint density at radius 2 is 2.07 bits per heavy atom. The number of non-ortho nitro benzene ring substituents is 1. The first-order valence-corrected chi connectivity index (χ1v) is 9.18. The highest BCUT2D eigenvalue weighted by atomic mass is 79.9. The van der Waals surface area contributed by atoms with Crippen molar-refractivity contribution in [2.24, 2.45) is 5.10 Å². The molecule has 0 aromatic heterocycles. The minimum atomic E-state index is -0.623. The first-order chi connectivity index (χ1) is 13.2. The smallest absolute Gasteiger partial charge is 0.277 e. The summed E-state index contributed by atoms with van der Waals surface area (Å²) in [5.41, 5.74) is 3.95. The monoisotopic (exact) mass is 448 g/mol. The van der Waals surface area contributed by atoms with Gasteiger partial charge in [-0.15, -0.1) is 0 Å². The zero-order valence-corrected chi connectivity index (χ0v) is 17.1. The molecule has 148 valence electrons. The fourth-order valence-corrected chi connectivity index (χ4v) is 2.75. The number of aryl methyl sites for hydroxylation is 1. The molecule has 2 aromatic carbocycles.